The minimum atomic E-state index is -0.181. The van der Waals surface area contributed by atoms with Crippen LogP contribution in [0.4, 0.5) is 0 Å². The predicted octanol–water partition coefficient (Wildman–Crippen LogP) is 4.73. The number of benzene rings is 1. The van der Waals surface area contributed by atoms with Crippen LogP contribution in [-0.2, 0) is 11.8 Å². The Balaban J connectivity index is 1.83. The summed E-state index contributed by atoms with van der Waals surface area (Å²) in [5.74, 6) is 1.63. The Labute approximate surface area is 146 Å². The Bertz CT molecular complexity index is 691. The number of fused-ring (bicyclic) bond motifs is 5. The molecule has 0 amide bonds. The fraction of sp³-hybridized carbons (Fsp3) is 0.727. The third-order valence-corrected chi connectivity index (χ3v) is 8.37. The molecule has 0 aromatic heterocycles. The van der Waals surface area contributed by atoms with E-state index in [1.165, 1.54) is 11.1 Å². The third kappa shape index (κ3) is 1.87. The highest BCUT2D eigenvalue weighted by Crippen LogP contribution is 2.68. The van der Waals surface area contributed by atoms with E-state index in [0.29, 0.717) is 17.6 Å². The summed E-state index contributed by atoms with van der Waals surface area (Å²) in [6.07, 6.45) is 5.20. The number of aryl methyl sites for hydroxylation is 1. The maximum Gasteiger partial charge on any atom is 0.119 e. The standard InChI is InChI=1S/C22H32O2/c1-13-10-14-12-17-21(4)9-7-18(24)20(2,3)16(21)6-8-22(17,5)19(14)15(23)11-13/h10-11,16-18,23-24H,6-9,12H2,1-5H3. The zero-order chi connectivity index (χ0) is 17.5. The molecule has 1 aromatic rings. The van der Waals surface area contributed by atoms with E-state index in [4.69, 9.17) is 0 Å². The van der Waals surface area contributed by atoms with Gasteiger partial charge in [0.1, 0.15) is 5.75 Å². The molecular weight excluding hydrogens is 296 g/mol. The molecule has 0 radical (unpaired) electrons. The van der Waals surface area contributed by atoms with E-state index >= 15 is 0 Å². The van der Waals surface area contributed by atoms with Crippen molar-refractivity contribution in [2.24, 2.45) is 22.7 Å². The molecule has 2 heteroatoms. The molecule has 0 bridgehead atoms. The van der Waals surface area contributed by atoms with Gasteiger partial charge in [0.05, 0.1) is 6.10 Å². The van der Waals surface area contributed by atoms with Crippen molar-refractivity contribution in [2.75, 3.05) is 0 Å². The number of hydrogen-bond donors (Lipinski definition) is 2. The van der Waals surface area contributed by atoms with Gasteiger partial charge in [0.25, 0.3) is 0 Å². The van der Waals surface area contributed by atoms with Crippen molar-refractivity contribution in [1.29, 1.82) is 0 Å². The molecule has 4 rings (SSSR count). The number of aliphatic hydroxyl groups is 1. The van der Waals surface area contributed by atoms with Crippen LogP contribution in [0.3, 0.4) is 0 Å². The molecule has 2 saturated carbocycles. The summed E-state index contributed by atoms with van der Waals surface area (Å²) in [6, 6.07) is 4.23. The molecule has 2 fully saturated rings. The number of phenols is 1. The Kier molecular flexibility index (Phi) is 3.28. The maximum absolute atomic E-state index is 10.7. The third-order valence-electron chi connectivity index (χ3n) is 8.37. The van der Waals surface area contributed by atoms with Crippen LogP contribution in [-0.4, -0.2) is 16.3 Å². The van der Waals surface area contributed by atoms with Crippen LogP contribution in [0.15, 0.2) is 12.1 Å². The summed E-state index contributed by atoms with van der Waals surface area (Å²) >= 11 is 0. The van der Waals surface area contributed by atoms with Crippen molar-refractivity contribution in [3.8, 4) is 5.75 Å². The van der Waals surface area contributed by atoms with Crippen LogP contribution in [0.25, 0.3) is 0 Å². The maximum atomic E-state index is 10.7. The van der Waals surface area contributed by atoms with Gasteiger partial charge in [-0.2, -0.15) is 0 Å². The van der Waals surface area contributed by atoms with E-state index in [2.05, 4.69) is 40.7 Å². The summed E-state index contributed by atoms with van der Waals surface area (Å²) in [6.45, 7) is 11.5. The van der Waals surface area contributed by atoms with Gasteiger partial charge in [-0.3, -0.25) is 0 Å². The van der Waals surface area contributed by atoms with Gasteiger partial charge >= 0.3 is 0 Å². The van der Waals surface area contributed by atoms with E-state index in [9.17, 15) is 10.2 Å². The van der Waals surface area contributed by atoms with E-state index < -0.39 is 0 Å². The normalized spacial score (nSPS) is 43.0. The van der Waals surface area contributed by atoms with Gasteiger partial charge in [-0.25, -0.2) is 0 Å². The fourth-order valence-corrected chi connectivity index (χ4v) is 7.18. The van der Waals surface area contributed by atoms with E-state index in [-0.39, 0.29) is 22.3 Å². The lowest BCUT2D eigenvalue weighted by atomic mass is 9.43. The summed E-state index contributed by atoms with van der Waals surface area (Å²) < 4.78 is 0. The lowest BCUT2D eigenvalue weighted by Crippen LogP contribution is -2.58. The summed E-state index contributed by atoms with van der Waals surface area (Å²) in [5, 5.41) is 21.3. The van der Waals surface area contributed by atoms with E-state index in [1.54, 1.807) is 0 Å². The molecule has 0 spiro atoms. The number of aromatic hydroxyl groups is 1. The summed E-state index contributed by atoms with van der Waals surface area (Å²) in [5.41, 5.74) is 4.06. The first kappa shape index (κ1) is 16.4. The Morgan fingerprint density at radius 2 is 1.71 bits per heavy atom. The Morgan fingerprint density at radius 1 is 1.00 bits per heavy atom. The van der Waals surface area contributed by atoms with Gasteiger partial charge in [0, 0.05) is 11.0 Å². The molecule has 24 heavy (non-hydrogen) atoms. The molecule has 0 heterocycles. The fourth-order valence-electron chi connectivity index (χ4n) is 7.18. The quantitative estimate of drug-likeness (QED) is 0.723. The molecule has 5 atom stereocenters. The lowest BCUT2D eigenvalue weighted by molar-refractivity contribution is -0.151. The van der Waals surface area contributed by atoms with Gasteiger partial charge in [-0.05, 0) is 78.9 Å². The van der Waals surface area contributed by atoms with E-state index in [0.717, 1.165) is 37.7 Å². The SMILES string of the molecule is Cc1cc(O)c2c(c1)CC1C2(C)CCC2C(C)(C)C(O)CCC12C. The van der Waals surface area contributed by atoms with Crippen LogP contribution in [0.5, 0.6) is 5.75 Å². The highest BCUT2D eigenvalue weighted by atomic mass is 16.3. The lowest BCUT2D eigenvalue weighted by Gasteiger charge is -2.62. The van der Waals surface area contributed by atoms with E-state index in [1.807, 2.05) is 6.07 Å². The molecule has 132 valence electrons. The van der Waals surface area contributed by atoms with Crippen molar-refractivity contribution >= 4 is 0 Å². The first-order chi connectivity index (χ1) is 11.1. The summed E-state index contributed by atoms with van der Waals surface area (Å²) in [7, 11) is 0. The zero-order valence-electron chi connectivity index (χ0n) is 15.8. The Morgan fingerprint density at radius 3 is 2.42 bits per heavy atom. The molecule has 2 N–H and O–H groups in total. The monoisotopic (exact) mass is 328 g/mol. The molecular formula is C22H32O2. The minimum absolute atomic E-state index is 0.0128. The highest BCUT2D eigenvalue weighted by Gasteiger charge is 2.63. The van der Waals surface area contributed by atoms with Crippen molar-refractivity contribution in [1.82, 2.24) is 0 Å². The first-order valence-corrected chi connectivity index (χ1v) is 9.62. The number of aliphatic hydroxyl groups excluding tert-OH is 1. The van der Waals surface area contributed by atoms with Crippen molar-refractivity contribution < 1.29 is 10.2 Å². The average molecular weight is 328 g/mol. The second-order valence-electron chi connectivity index (χ2n) is 9.97. The molecule has 0 saturated heterocycles. The topological polar surface area (TPSA) is 40.5 Å². The van der Waals surface area contributed by atoms with Crippen molar-refractivity contribution in [3.05, 3.63) is 28.8 Å². The summed E-state index contributed by atoms with van der Waals surface area (Å²) in [4.78, 5) is 0. The second kappa shape index (κ2) is 4.78. The van der Waals surface area contributed by atoms with Gasteiger partial charge in [-0.15, -0.1) is 0 Å². The van der Waals surface area contributed by atoms with Crippen LogP contribution in [0.2, 0.25) is 0 Å². The largest absolute Gasteiger partial charge is 0.508 e. The second-order valence-corrected chi connectivity index (χ2v) is 9.97. The molecule has 3 aliphatic carbocycles. The van der Waals surface area contributed by atoms with Crippen LogP contribution >= 0.6 is 0 Å². The van der Waals surface area contributed by atoms with Crippen LogP contribution in [0.1, 0.15) is 70.1 Å². The van der Waals surface area contributed by atoms with Crippen molar-refractivity contribution in [2.45, 2.75) is 78.2 Å². The van der Waals surface area contributed by atoms with Crippen molar-refractivity contribution in [3.63, 3.8) is 0 Å². The van der Waals surface area contributed by atoms with Gasteiger partial charge < -0.3 is 10.2 Å². The first-order valence-electron chi connectivity index (χ1n) is 9.62. The Hall–Kier alpha value is -1.02. The molecule has 5 unspecified atom stereocenters. The van der Waals surface area contributed by atoms with Gasteiger partial charge in [0.15, 0.2) is 0 Å². The smallest absolute Gasteiger partial charge is 0.119 e. The highest BCUT2D eigenvalue weighted by molar-refractivity contribution is 5.52. The average Bonchev–Trinajstić information content (AvgIpc) is 2.77. The molecule has 0 aliphatic heterocycles. The molecule has 1 aromatic carbocycles. The molecule has 3 aliphatic rings. The minimum Gasteiger partial charge on any atom is -0.508 e. The van der Waals surface area contributed by atoms with Crippen LogP contribution in [0, 0.1) is 29.6 Å². The zero-order valence-corrected chi connectivity index (χ0v) is 15.8. The predicted molar refractivity (Wildman–Crippen MR) is 97.2 cm³/mol. The molecule has 2 nitrogen and oxygen atoms in total. The van der Waals surface area contributed by atoms with Crippen LogP contribution < -0.4 is 0 Å². The number of rotatable bonds is 0. The van der Waals surface area contributed by atoms with Gasteiger partial charge in [-0.1, -0.05) is 33.8 Å². The number of phenolic OH excluding ortho intramolecular Hbond substituents is 1. The number of hydrogen-bond acceptors (Lipinski definition) is 2. The van der Waals surface area contributed by atoms with Gasteiger partial charge in [0.2, 0.25) is 0 Å².